The molecule has 8 heteroatoms. The van der Waals surface area contributed by atoms with Gasteiger partial charge >= 0.3 is 0 Å². The van der Waals surface area contributed by atoms with Crippen molar-refractivity contribution >= 4 is 17.3 Å². The molecule has 1 aliphatic rings. The summed E-state index contributed by atoms with van der Waals surface area (Å²) in [5, 5.41) is 11.1. The predicted molar refractivity (Wildman–Crippen MR) is 123 cm³/mol. The van der Waals surface area contributed by atoms with Gasteiger partial charge in [-0.1, -0.05) is 13.8 Å². The SMILES string of the molecule is CCCN(CC(=O)Nc1ccc(N2CCC(C)CC2)cc1)Cc1nnc(-c2ccco2)o1. The standard InChI is InChI=1S/C24H31N5O3/c1-3-12-28(17-23-26-27-24(32-23)21-5-4-15-31-21)16-22(30)25-19-6-8-20(9-7-19)29-13-10-18(2)11-14-29/h4-9,15,18H,3,10-14,16-17H2,1-2H3,(H,25,30). The highest BCUT2D eigenvalue weighted by atomic mass is 16.4. The van der Waals surface area contributed by atoms with Crippen LogP contribution in [0.15, 0.2) is 51.5 Å². The molecule has 0 saturated carbocycles. The Morgan fingerprint density at radius 3 is 2.66 bits per heavy atom. The fourth-order valence-electron chi connectivity index (χ4n) is 3.96. The largest absolute Gasteiger partial charge is 0.459 e. The van der Waals surface area contributed by atoms with Crippen molar-refractivity contribution in [1.29, 1.82) is 0 Å². The third kappa shape index (κ3) is 5.76. The number of hydrogen-bond acceptors (Lipinski definition) is 7. The number of carbonyl (C=O) groups excluding carboxylic acids is 1. The number of amides is 1. The average Bonchev–Trinajstić information content (AvgIpc) is 3.47. The highest BCUT2D eigenvalue weighted by Gasteiger charge is 2.18. The monoisotopic (exact) mass is 437 g/mol. The lowest BCUT2D eigenvalue weighted by Gasteiger charge is -2.32. The third-order valence-corrected chi connectivity index (χ3v) is 5.76. The molecule has 3 aromatic rings. The van der Waals surface area contributed by atoms with Gasteiger partial charge in [-0.15, -0.1) is 10.2 Å². The molecule has 4 rings (SSSR count). The normalized spacial score (nSPS) is 14.8. The molecule has 32 heavy (non-hydrogen) atoms. The molecule has 8 nitrogen and oxygen atoms in total. The van der Waals surface area contributed by atoms with Gasteiger partial charge in [-0.3, -0.25) is 9.69 Å². The Balaban J connectivity index is 1.31. The molecule has 0 bridgehead atoms. The van der Waals surface area contributed by atoms with E-state index in [-0.39, 0.29) is 12.5 Å². The van der Waals surface area contributed by atoms with Crippen LogP contribution in [0.1, 0.15) is 39.0 Å². The molecular weight excluding hydrogens is 406 g/mol. The molecule has 1 aromatic carbocycles. The molecule has 2 aromatic heterocycles. The number of nitrogens with zero attached hydrogens (tertiary/aromatic N) is 4. The summed E-state index contributed by atoms with van der Waals surface area (Å²) in [5.41, 5.74) is 2.02. The Morgan fingerprint density at radius 2 is 1.97 bits per heavy atom. The Bertz CT molecular complexity index is 976. The van der Waals surface area contributed by atoms with Crippen molar-refractivity contribution in [3.8, 4) is 11.7 Å². The summed E-state index contributed by atoms with van der Waals surface area (Å²) in [4.78, 5) is 17.1. The van der Waals surface area contributed by atoms with Crippen molar-refractivity contribution in [2.75, 3.05) is 36.4 Å². The lowest BCUT2D eigenvalue weighted by atomic mass is 9.99. The van der Waals surface area contributed by atoms with E-state index in [1.54, 1.807) is 18.4 Å². The van der Waals surface area contributed by atoms with Crippen LogP contribution in [-0.2, 0) is 11.3 Å². The Labute approximate surface area is 188 Å². The van der Waals surface area contributed by atoms with Crippen molar-refractivity contribution < 1.29 is 13.6 Å². The van der Waals surface area contributed by atoms with Gasteiger partial charge in [-0.05, 0) is 68.1 Å². The van der Waals surface area contributed by atoms with E-state index in [4.69, 9.17) is 8.83 Å². The molecule has 0 atom stereocenters. The molecule has 1 aliphatic heterocycles. The van der Waals surface area contributed by atoms with Gasteiger partial charge in [0.2, 0.25) is 11.8 Å². The lowest BCUT2D eigenvalue weighted by Crippen LogP contribution is -2.33. The summed E-state index contributed by atoms with van der Waals surface area (Å²) in [6.45, 7) is 7.98. The van der Waals surface area contributed by atoms with Gasteiger partial charge in [0.05, 0.1) is 19.4 Å². The fourth-order valence-corrected chi connectivity index (χ4v) is 3.96. The maximum absolute atomic E-state index is 12.7. The van der Waals surface area contributed by atoms with Crippen LogP contribution in [-0.4, -0.2) is 47.2 Å². The van der Waals surface area contributed by atoms with Gasteiger partial charge in [0, 0.05) is 24.5 Å². The second-order valence-corrected chi connectivity index (χ2v) is 8.45. The van der Waals surface area contributed by atoms with Crippen LogP contribution < -0.4 is 10.2 Å². The van der Waals surface area contributed by atoms with Crippen LogP contribution in [0.4, 0.5) is 11.4 Å². The number of rotatable bonds is 9. The average molecular weight is 438 g/mol. The number of piperidine rings is 1. The van der Waals surface area contributed by atoms with Gasteiger partial charge < -0.3 is 19.1 Å². The van der Waals surface area contributed by atoms with E-state index < -0.39 is 0 Å². The maximum atomic E-state index is 12.7. The smallest absolute Gasteiger partial charge is 0.283 e. The number of hydrogen-bond donors (Lipinski definition) is 1. The molecule has 1 amide bonds. The molecule has 0 spiro atoms. The molecular formula is C24H31N5O3. The number of benzene rings is 1. The number of carbonyl (C=O) groups is 1. The van der Waals surface area contributed by atoms with E-state index in [0.717, 1.165) is 37.7 Å². The van der Waals surface area contributed by atoms with Crippen molar-refractivity contribution in [2.45, 2.75) is 39.7 Å². The summed E-state index contributed by atoms with van der Waals surface area (Å²) >= 11 is 0. The quantitative estimate of drug-likeness (QED) is 0.530. The summed E-state index contributed by atoms with van der Waals surface area (Å²) in [5.74, 6) is 2.07. The van der Waals surface area contributed by atoms with Gasteiger partial charge in [0.1, 0.15) is 0 Å². The van der Waals surface area contributed by atoms with E-state index in [2.05, 4.69) is 46.4 Å². The van der Waals surface area contributed by atoms with Gasteiger partial charge in [0.25, 0.3) is 5.89 Å². The number of aromatic nitrogens is 2. The van der Waals surface area contributed by atoms with Crippen molar-refractivity contribution in [2.24, 2.45) is 5.92 Å². The van der Waals surface area contributed by atoms with Crippen LogP contribution in [0.5, 0.6) is 0 Å². The molecule has 0 radical (unpaired) electrons. The van der Waals surface area contributed by atoms with Crippen LogP contribution in [0, 0.1) is 5.92 Å². The number of nitrogens with one attached hydrogen (secondary N) is 1. The van der Waals surface area contributed by atoms with Crippen LogP contribution in [0.3, 0.4) is 0 Å². The number of anilines is 2. The van der Waals surface area contributed by atoms with Crippen molar-refractivity contribution in [3.05, 3.63) is 48.6 Å². The lowest BCUT2D eigenvalue weighted by molar-refractivity contribution is -0.117. The predicted octanol–water partition coefficient (Wildman–Crippen LogP) is 4.42. The fraction of sp³-hybridized carbons (Fsp3) is 0.458. The molecule has 0 aliphatic carbocycles. The Kier molecular flexibility index (Phi) is 7.21. The summed E-state index contributed by atoms with van der Waals surface area (Å²) in [6.07, 6.45) is 4.94. The minimum Gasteiger partial charge on any atom is -0.459 e. The van der Waals surface area contributed by atoms with Crippen molar-refractivity contribution in [1.82, 2.24) is 15.1 Å². The van der Waals surface area contributed by atoms with E-state index in [1.165, 1.54) is 18.5 Å². The van der Waals surface area contributed by atoms with Gasteiger partial charge in [0.15, 0.2) is 5.76 Å². The van der Waals surface area contributed by atoms with E-state index in [1.807, 2.05) is 17.0 Å². The minimum absolute atomic E-state index is 0.0660. The van der Waals surface area contributed by atoms with Gasteiger partial charge in [-0.2, -0.15) is 0 Å². The summed E-state index contributed by atoms with van der Waals surface area (Å²) < 4.78 is 11.0. The minimum atomic E-state index is -0.0660. The Morgan fingerprint density at radius 1 is 1.19 bits per heavy atom. The summed E-state index contributed by atoms with van der Waals surface area (Å²) in [6, 6.07) is 11.7. The zero-order valence-corrected chi connectivity index (χ0v) is 18.8. The van der Waals surface area contributed by atoms with Crippen molar-refractivity contribution in [3.63, 3.8) is 0 Å². The van der Waals surface area contributed by atoms with E-state index in [9.17, 15) is 4.79 Å². The van der Waals surface area contributed by atoms with Gasteiger partial charge in [-0.25, -0.2) is 0 Å². The molecule has 170 valence electrons. The number of furan rings is 1. The zero-order chi connectivity index (χ0) is 22.3. The highest BCUT2D eigenvalue weighted by Crippen LogP contribution is 2.24. The van der Waals surface area contributed by atoms with E-state index in [0.29, 0.717) is 24.1 Å². The highest BCUT2D eigenvalue weighted by molar-refractivity contribution is 5.92. The van der Waals surface area contributed by atoms with Crippen LogP contribution in [0.25, 0.3) is 11.7 Å². The Hall–Kier alpha value is -3.13. The molecule has 1 N–H and O–H groups in total. The first kappa shape index (κ1) is 22.1. The second-order valence-electron chi connectivity index (χ2n) is 8.45. The van der Waals surface area contributed by atoms with E-state index >= 15 is 0 Å². The molecule has 0 unspecified atom stereocenters. The summed E-state index contributed by atoms with van der Waals surface area (Å²) in [7, 11) is 0. The first-order valence-corrected chi connectivity index (χ1v) is 11.3. The second kappa shape index (κ2) is 10.5. The van der Waals surface area contributed by atoms with Crippen LogP contribution >= 0.6 is 0 Å². The first-order chi connectivity index (χ1) is 15.6. The zero-order valence-electron chi connectivity index (χ0n) is 18.8. The third-order valence-electron chi connectivity index (χ3n) is 5.76. The van der Waals surface area contributed by atoms with Crippen LogP contribution in [0.2, 0.25) is 0 Å². The molecule has 1 fully saturated rings. The topological polar surface area (TPSA) is 87.6 Å². The molecule has 1 saturated heterocycles. The maximum Gasteiger partial charge on any atom is 0.283 e. The first-order valence-electron chi connectivity index (χ1n) is 11.3. The molecule has 3 heterocycles.